The summed E-state index contributed by atoms with van der Waals surface area (Å²) in [5.41, 5.74) is 8.37. The highest BCUT2D eigenvalue weighted by Crippen LogP contribution is 2.40. The lowest BCUT2D eigenvalue weighted by Crippen LogP contribution is -2.45. The van der Waals surface area contributed by atoms with Crippen molar-refractivity contribution in [3.63, 3.8) is 0 Å². The number of fused-ring (bicyclic) bond motifs is 1. The molecule has 0 radical (unpaired) electrons. The Morgan fingerprint density at radius 3 is 2.70 bits per heavy atom. The summed E-state index contributed by atoms with van der Waals surface area (Å²) in [5, 5.41) is 1.12. The van der Waals surface area contributed by atoms with Gasteiger partial charge in [0.1, 0.15) is 5.65 Å². The fourth-order valence-electron chi connectivity index (χ4n) is 6.02. The molecular weight excluding hydrogens is 460 g/mol. The van der Waals surface area contributed by atoms with Crippen molar-refractivity contribution in [1.29, 1.82) is 0 Å². The van der Waals surface area contributed by atoms with Crippen molar-refractivity contribution in [2.45, 2.75) is 32.4 Å². The van der Waals surface area contributed by atoms with Crippen LogP contribution in [0.2, 0.25) is 0 Å². The number of imidazole rings is 1. The molecule has 1 saturated heterocycles. The fourth-order valence-corrected chi connectivity index (χ4v) is 6.02. The van der Waals surface area contributed by atoms with Crippen molar-refractivity contribution >= 4 is 22.6 Å². The number of amides is 2. The minimum absolute atomic E-state index is 0.144. The number of carbonyl (C=O) groups excluding carboxylic acids is 1. The largest absolute Gasteiger partial charge is 0.366 e. The molecule has 7 nitrogen and oxygen atoms in total. The van der Waals surface area contributed by atoms with E-state index in [-0.39, 0.29) is 6.03 Å². The van der Waals surface area contributed by atoms with Gasteiger partial charge in [0.15, 0.2) is 0 Å². The molecule has 4 aromatic heterocycles. The molecule has 0 atom stereocenters. The molecule has 2 aliphatic heterocycles. The van der Waals surface area contributed by atoms with Crippen LogP contribution in [0.5, 0.6) is 0 Å². The van der Waals surface area contributed by atoms with E-state index in [9.17, 15) is 4.79 Å². The zero-order valence-corrected chi connectivity index (χ0v) is 20.7. The first-order chi connectivity index (χ1) is 18.2. The van der Waals surface area contributed by atoms with Crippen molar-refractivity contribution in [2.24, 2.45) is 0 Å². The lowest BCUT2D eigenvalue weighted by atomic mass is 9.98. The predicted molar refractivity (Wildman–Crippen MR) is 145 cm³/mol. The second-order valence-electron chi connectivity index (χ2n) is 10.0. The molecule has 0 unspecified atom stereocenters. The topological polar surface area (TPSA) is 61.6 Å². The number of nitrogens with one attached hydrogen (secondary N) is 1. The van der Waals surface area contributed by atoms with Crippen LogP contribution < -0.4 is 0 Å². The third-order valence-corrected chi connectivity index (χ3v) is 7.82. The van der Waals surface area contributed by atoms with Crippen molar-refractivity contribution in [1.82, 2.24) is 28.7 Å². The van der Waals surface area contributed by atoms with Crippen LogP contribution in [0.25, 0.3) is 38.9 Å². The number of pyridine rings is 1. The van der Waals surface area contributed by atoms with Crippen molar-refractivity contribution in [2.75, 3.05) is 19.6 Å². The van der Waals surface area contributed by atoms with E-state index in [0.717, 1.165) is 82.5 Å². The van der Waals surface area contributed by atoms with Crippen LogP contribution in [0.4, 0.5) is 4.79 Å². The van der Waals surface area contributed by atoms with E-state index < -0.39 is 0 Å². The first-order valence-electron chi connectivity index (χ1n) is 13.0. The summed E-state index contributed by atoms with van der Waals surface area (Å²) in [6, 6.07) is 10.4. The zero-order valence-electron chi connectivity index (χ0n) is 20.7. The number of aromatic amines is 1. The normalized spacial score (nSPS) is 15.8. The molecule has 1 aromatic carbocycles. The van der Waals surface area contributed by atoms with E-state index in [1.165, 1.54) is 6.42 Å². The zero-order chi connectivity index (χ0) is 24.9. The number of H-pyrrole nitrogens is 1. The number of carbonyl (C=O) groups is 1. The highest BCUT2D eigenvalue weighted by molar-refractivity contribution is 6.02. The van der Waals surface area contributed by atoms with Gasteiger partial charge in [-0.25, -0.2) is 9.78 Å². The molecule has 1 N–H and O–H groups in total. The Balaban J connectivity index is 1.34. The Morgan fingerprint density at radius 1 is 0.973 bits per heavy atom. The quantitative estimate of drug-likeness (QED) is 0.340. The lowest BCUT2D eigenvalue weighted by Gasteiger charge is -2.32. The number of hydrogen-bond acceptors (Lipinski definition) is 2. The summed E-state index contributed by atoms with van der Waals surface area (Å²) < 4.78 is 4.41. The number of piperidine rings is 1. The number of urea groups is 1. The molecule has 0 bridgehead atoms. The van der Waals surface area contributed by atoms with Gasteiger partial charge in [-0.2, -0.15) is 0 Å². The van der Waals surface area contributed by atoms with E-state index in [4.69, 9.17) is 6.42 Å². The van der Waals surface area contributed by atoms with Crippen LogP contribution in [-0.4, -0.2) is 54.4 Å². The second kappa shape index (κ2) is 8.59. The Hall–Kier alpha value is -4.44. The molecule has 0 spiro atoms. The Bertz CT molecular complexity index is 1690. The molecule has 7 rings (SSSR count). The van der Waals surface area contributed by atoms with Crippen LogP contribution >= 0.6 is 0 Å². The fraction of sp³-hybridized carbons (Fsp3) is 0.267. The van der Waals surface area contributed by atoms with Gasteiger partial charge in [-0.3, -0.25) is 4.40 Å². The number of benzene rings is 1. The predicted octanol–water partition coefficient (Wildman–Crippen LogP) is 5.35. The van der Waals surface area contributed by atoms with Gasteiger partial charge in [0, 0.05) is 85.2 Å². The number of hydrogen-bond donors (Lipinski definition) is 1. The maximum absolute atomic E-state index is 13.4. The first-order valence-corrected chi connectivity index (χ1v) is 13.0. The highest BCUT2D eigenvalue weighted by Gasteiger charge is 2.27. The van der Waals surface area contributed by atoms with E-state index in [1.807, 2.05) is 46.6 Å². The first kappa shape index (κ1) is 21.8. The van der Waals surface area contributed by atoms with Crippen LogP contribution in [-0.2, 0) is 13.1 Å². The van der Waals surface area contributed by atoms with E-state index in [0.29, 0.717) is 13.1 Å². The second-order valence-corrected chi connectivity index (χ2v) is 10.0. The van der Waals surface area contributed by atoms with Crippen molar-refractivity contribution < 1.29 is 4.79 Å². The van der Waals surface area contributed by atoms with E-state index in [2.05, 4.69) is 49.4 Å². The average Bonchev–Trinajstić information content (AvgIpc) is 3.64. The van der Waals surface area contributed by atoms with Gasteiger partial charge in [-0.1, -0.05) is 12.0 Å². The van der Waals surface area contributed by atoms with Gasteiger partial charge in [-0.05, 0) is 49.1 Å². The number of nitrogens with zero attached hydrogens (tertiary/aromatic N) is 5. The summed E-state index contributed by atoms with van der Waals surface area (Å²) >= 11 is 0. The van der Waals surface area contributed by atoms with Crippen LogP contribution in [0, 0.1) is 12.3 Å². The number of likely N-dealkylation sites (tertiary alicyclic amines) is 1. The number of terminal acetylenes is 1. The molecule has 0 aliphatic carbocycles. The molecule has 6 heterocycles. The molecule has 37 heavy (non-hydrogen) atoms. The molecule has 184 valence electrons. The summed E-state index contributed by atoms with van der Waals surface area (Å²) in [4.78, 5) is 25.3. The Morgan fingerprint density at radius 2 is 1.84 bits per heavy atom. The molecule has 1 fully saturated rings. The van der Waals surface area contributed by atoms with Crippen molar-refractivity contribution in [3.05, 3.63) is 72.4 Å². The molecule has 2 amide bonds. The molecule has 7 heteroatoms. The number of rotatable bonds is 2. The van der Waals surface area contributed by atoms with Crippen LogP contribution in [0.15, 0.2) is 61.3 Å². The number of aromatic nitrogens is 4. The maximum atomic E-state index is 13.4. The third kappa shape index (κ3) is 3.52. The van der Waals surface area contributed by atoms with Gasteiger partial charge in [0.2, 0.25) is 0 Å². The summed E-state index contributed by atoms with van der Waals surface area (Å²) in [5.74, 6) is 2.85. The highest BCUT2D eigenvalue weighted by atomic mass is 16.2. The average molecular weight is 489 g/mol. The molecule has 5 aromatic rings. The SMILES string of the molecule is C#Cc1cc2c3c(c1)c(-c1c[nH]cc1-c1cnc4ccccn14)cn3CCN(C(=O)N1CCCCC1)C2. The summed E-state index contributed by atoms with van der Waals surface area (Å²) in [7, 11) is 0. The standard InChI is InChI=1S/C30H28N6O/c1-2-21-14-22-19-35(30(37)33-9-5-3-6-10-33)13-12-34-20-26(23(15-21)29(22)34)24-16-31-17-25(24)27-18-32-28-8-4-7-11-36(27)28/h1,4,7-8,11,14-18,20,31H,3,5-6,9-10,12-13,19H2. The molecule has 2 aliphatic rings. The monoisotopic (exact) mass is 488 g/mol. The maximum Gasteiger partial charge on any atom is 0.320 e. The van der Waals surface area contributed by atoms with E-state index in [1.54, 1.807) is 0 Å². The lowest BCUT2D eigenvalue weighted by molar-refractivity contribution is 0.140. The summed E-state index contributed by atoms with van der Waals surface area (Å²) in [6.07, 6.45) is 19.6. The molecule has 0 saturated carbocycles. The van der Waals surface area contributed by atoms with Crippen LogP contribution in [0.1, 0.15) is 30.4 Å². The molecular formula is C30H28N6O. The van der Waals surface area contributed by atoms with Crippen molar-refractivity contribution in [3.8, 4) is 34.7 Å². The smallest absolute Gasteiger partial charge is 0.320 e. The Kier molecular flexibility index (Phi) is 5.07. The third-order valence-electron chi connectivity index (χ3n) is 7.82. The van der Waals surface area contributed by atoms with Gasteiger partial charge < -0.3 is 19.4 Å². The van der Waals surface area contributed by atoms with Gasteiger partial charge in [-0.15, -0.1) is 6.42 Å². The van der Waals surface area contributed by atoms with Gasteiger partial charge in [0.25, 0.3) is 0 Å². The van der Waals surface area contributed by atoms with Gasteiger partial charge >= 0.3 is 6.03 Å². The van der Waals surface area contributed by atoms with E-state index >= 15 is 0 Å². The minimum atomic E-state index is 0.144. The summed E-state index contributed by atoms with van der Waals surface area (Å²) in [6.45, 7) is 3.69. The minimum Gasteiger partial charge on any atom is -0.366 e. The van der Waals surface area contributed by atoms with Crippen LogP contribution in [0.3, 0.4) is 0 Å². The van der Waals surface area contributed by atoms with Gasteiger partial charge in [0.05, 0.1) is 17.4 Å². The Labute approximate surface area is 215 Å².